The molecule has 2 fully saturated rings. The molecule has 4 heteroatoms. The van der Waals surface area contributed by atoms with E-state index in [2.05, 4.69) is 18.3 Å². The first-order valence-corrected chi connectivity index (χ1v) is 7.84. The fourth-order valence-electron chi connectivity index (χ4n) is 3.24. The zero-order chi connectivity index (χ0) is 14.0. The van der Waals surface area contributed by atoms with E-state index in [1.807, 2.05) is 18.2 Å². The second-order valence-electron chi connectivity index (χ2n) is 5.83. The maximum atomic E-state index is 6.05. The Morgan fingerprint density at radius 1 is 1.25 bits per heavy atom. The molecular weight excluding hydrogens is 274 g/mol. The van der Waals surface area contributed by atoms with Crippen LogP contribution in [0.3, 0.4) is 0 Å². The normalized spacial score (nSPS) is 24.1. The van der Waals surface area contributed by atoms with Crippen LogP contribution in [0.2, 0.25) is 5.02 Å². The van der Waals surface area contributed by atoms with Gasteiger partial charge < -0.3 is 14.8 Å². The summed E-state index contributed by atoms with van der Waals surface area (Å²) >= 11 is 6.05. The molecule has 1 atom stereocenters. The molecule has 0 amide bonds. The van der Waals surface area contributed by atoms with Crippen LogP contribution in [-0.4, -0.2) is 25.0 Å². The molecule has 110 valence electrons. The lowest BCUT2D eigenvalue weighted by molar-refractivity contribution is -0.179. The Labute approximate surface area is 125 Å². The van der Waals surface area contributed by atoms with Crippen LogP contribution in [0.1, 0.15) is 44.2 Å². The van der Waals surface area contributed by atoms with Crippen molar-refractivity contribution >= 4 is 11.6 Å². The number of halogens is 1. The quantitative estimate of drug-likeness (QED) is 0.923. The fourth-order valence-corrected chi connectivity index (χ4v) is 3.43. The Kier molecular flexibility index (Phi) is 4.32. The molecule has 1 saturated heterocycles. The summed E-state index contributed by atoms with van der Waals surface area (Å²) in [6, 6.07) is 8.92. The van der Waals surface area contributed by atoms with E-state index < -0.39 is 0 Å². The van der Waals surface area contributed by atoms with Gasteiger partial charge >= 0.3 is 0 Å². The minimum atomic E-state index is -0.266. The minimum absolute atomic E-state index is 0.266. The minimum Gasteiger partial charge on any atom is -0.348 e. The number of nitrogens with one attached hydrogen (secondary N) is 1. The maximum Gasteiger partial charge on any atom is 0.168 e. The van der Waals surface area contributed by atoms with Crippen molar-refractivity contribution in [1.29, 1.82) is 0 Å². The standard InChI is InChI=1S/C16H22ClNO2/c1-12(13-3-2-4-14(17)11-13)18-15-5-7-16(8-6-15)19-9-10-20-16/h2-4,11-12,15,18H,5-10H2,1H3/t12-/m1/s1. The van der Waals surface area contributed by atoms with Crippen molar-refractivity contribution < 1.29 is 9.47 Å². The van der Waals surface area contributed by atoms with Crippen molar-refractivity contribution in [2.45, 2.75) is 50.5 Å². The van der Waals surface area contributed by atoms with Crippen LogP contribution in [-0.2, 0) is 9.47 Å². The summed E-state index contributed by atoms with van der Waals surface area (Å²) in [7, 11) is 0. The van der Waals surface area contributed by atoms with Gasteiger partial charge in [-0.05, 0) is 37.5 Å². The van der Waals surface area contributed by atoms with Gasteiger partial charge in [-0.3, -0.25) is 0 Å². The van der Waals surface area contributed by atoms with E-state index in [1.54, 1.807) is 0 Å². The van der Waals surface area contributed by atoms with Crippen LogP contribution in [0.25, 0.3) is 0 Å². The Morgan fingerprint density at radius 2 is 1.95 bits per heavy atom. The van der Waals surface area contributed by atoms with Crippen LogP contribution in [0.15, 0.2) is 24.3 Å². The van der Waals surface area contributed by atoms with Crippen LogP contribution >= 0.6 is 11.6 Å². The summed E-state index contributed by atoms with van der Waals surface area (Å²) in [6.07, 6.45) is 4.19. The fraction of sp³-hybridized carbons (Fsp3) is 0.625. The lowest BCUT2D eigenvalue weighted by atomic mass is 9.89. The second-order valence-corrected chi connectivity index (χ2v) is 6.26. The van der Waals surface area contributed by atoms with E-state index in [1.165, 1.54) is 5.56 Å². The highest BCUT2D eigenvalue weighted by Gasteiger charge is 2.40. The van der Waals surface area contributed by atoms with Gasteiger partial charge in [-0.1, -0.05) is 23.7 Å². The summed E-state index contributed by atoms with van der Waals surface area (Å²) < 4.78 is 11.5. The van der Waals surface area contributed by atoms with Crippen molar-refractivity contribution in [2.75, 3.05) is 13.2 Å². The number of rotatable bonds is 3. The van der Waals surface area contributed by atoms with Crippen molar-refractivity contribution in [3.8, 4) is 0 Å². The van der Waals surface area contributed by atoms with Gasteiger partial charge in [0.05, 0.1) is 13.2 Å². The first kappa shape index (κ1) is 14.3. The van der Waals surface area contributed by atoms with Crippen molar-refractivity contribution in [3.05, 3.63) is 34.9 Å². The lowest BCUT2D eigenvalue weighted by Gasteiger charge is -2.36. The maximum absolute atomic E-state index is 6.05. The highest BCUT2D eigenvalue weighted by atomic mass is 35.5. The zero-order valence-corrected chi connectivity index (χ0v) is 12.7. The summed E-state index contributed by atoms with van der Waals surface area (Å²) in [6.45, 7) is 3.69. The largest absolute Gasteiger partial charge is 0.348 e. The second kappa shape index (κ2) is 6.02. The Bertz CT molecular complexity index is 450. The third-order valence-corrected chi connectivity index (χ3v) is 4.63. The van der Waals surface area contributed by atoms with Crippen LogP contribution in [0.5, 0.6) is 0 Å². The molecule has 1 N–H and O–H groups in total. The number of benzene rings is 1. The van der Waals surface area contributed by atoms with Gasteiger partial charge in [-0.25, -0.2) is 0 Å². The number of ether oxygens (including phenoxy) is 2. The molecule has 1 aliphatic carbocycles. The van der Waals surface area contributed by atoms with Gasteiger partial charge in [0.25, 0.3) is 0 Å². The van der Waals surface area contributed by atoms with E-state index >= 15 is 0 Å². The first-order valence-electron chi connectivity index (χ1n) is 7.46. The predicted octanol–water partition coefficient (Wildman–Crippen LogP) is 3.68. The predicted molar refractivity (Wildman–Crippen MR) is 79.9 cm³/mol. The molecule has 20 heavy (non-hydrogen) atoms. The van der Waals surface area contributed by atoms with Crippen molar-refractivity contribution in [2.24, 2.45) is 0 Å². The van der Waals surface area contributed by atoms with Gasteiger partial charge in [-0.2, -0.15) is 0 Å². The van der Waals surface area contributed by atoms with Gasteiger partial charge in [-0.15, -0.1) is 0 Å². The highest BCUT2D eigenvalue weighted by molar-refractivity contribution is 6.30. The van der Waals surface area contributed by atoms with Gasteiger partial charge in [0, 0.05) is 29.9 Å². The molecule has 0 bridgehead atoms. The van der Waals surface area contributed by atoms with Crippen molar-refractivity contribution in [1.82, 2.24) is 5.32 Å². The topological polar surface area (TPSA) is 30.5 Å². The average molecular weight is 296 g/mol. The van der Waals surface area contributed by atoms with E-state index in [-0.39, 0.29) is 5.79 Å². The van der Waals surface area contributed by atoms with Gasteiger partial charge in [0.1, 0.15) is 0 Å². The summed E-state index contributed by atoms with van der Waals surface area (Å²) in [5.74, 6) is -0.266. The van der Waals surface area contributed by atoms with E-state index in [0.29, 0.717) is 12.1 Å². The van der Waals surface area contributed by atoms with E-state index in [4.69, 9.17) is 21.1 Å². The molecule has 0 radical (unpaired) electrons. The zero-order valence-electron chi connectivity index (χ0n) is 11.9. The summed E-state index contributed by atoms with van der Waals surface area (Å²) in [4.78, 5) is 0. The van der Waals surface area contributed by atoms with Crippen LogP contribution in [0.4, 0.5) is 0 Å². The Morgan fingerprint density at radius 3 is 2.60 bits per heavy atom. The average Bonchev–Trinajstić information content (AvgIpc) is 2.90. The monoisotopic (exact) mass is 295 g/mol. The molecule has 1 aromatic rings. The third-order valence-electron chi connectivity index (χ3n) is 4.40. The Hall–Kier alpha value is -0.610. The molecule has 0 aromatic heterocycles. The molecule has 3 rings (SSSR count). The molecule has 1 saturated carbocycles. The molecule has 1 aliphatic heterocycles. The van der Waals surface area contributed by atoms with Crippen LogP contribution in [0, 0.1) is 0 Å². The highest BCUT2D eigenvalue weighted by Crippen LogP contribution is 2.36. The molecule has 1 spiro atoms. The van der Waals surface area contributed by atoms with E-state index in [0.717, 1.165) is 43.9 Å². The molecule has 2 aliphatic rings. The molecule has 1 aromatic carbocycles. The SMILES string of the molecule is C[C@@H](NC1CCC2(CC1)OCCO2)c1cccc(Cl)c1. The molecule has 3 nitrogen and oxygen atoms in total. The van der Waals surface area contributed by atoms with Crippen molar-refractivity contribution in [3.63, 3.8) is 0 Å². The summed E-state index contributed by atoms with van der Waals surface area (Å²) in [5, 5.41) is 4.50. The number of hydrogen-bond acceptors (Lipinski definition) is 3. The third kappa shape index (κ3) is 3.17. The summed E-state index contributed by atoms with van der Waals surface area (Å²) in [5.41, 5.74) is 1.24. The number of hydrogen-bond donors (Lipinski definition) is 1. The smallest absolute Gasteiger partial charge is 0.168 e. The molecule has 1 heterocycles. The van der Waals surface area contributed by atoms with Gasteiger partial charge in [0.2, 0.25) is 0 Å². The van der Waals surface area contributed by atoms with E-state index in [9.17, 15) is 0 Å². The van der Waals surface area contributed by atoms with Gasteiger partial charge in [0.15, 0.2) is 5.79 Å². The van der Waals surface area contributed by atoms with Crippen LogP contribution < -0.4 is 5.32 Å². The molecular formula is C16H22ClNO2. The lowest BCUT2D eigenvalue weighted by Crippen LogP contribution is -2.42. The molecule has 0 unspecified atom stereocenters. The first-order chi connectivity index (χ1) is 9.67. The Balaban J connectivity index is 1.54.